The van der Waals surface area contributed by atoms with Crippen LogP contribution >= 0.6 is 0 Å². The Morgan fingerprint density at radius 2 is 0.978 bits per heavy atom. The molecule has 2 heterocycles. The first-order valence-electron chi connectivity index (χ1n) is 15.1. The van der Waals surface area contributed by atoms with Gasteiger partial charge in [0.15, 0.2) is 12.2 Å². The van der Waals surface area contributed by atoms with Crippen LogP contribution in [0.2, 0.25) is 0 Å². The maximum atomic E-state index is 12.8. The maximum Gasteiger partial charge on any atom is 0.338 e. The number of hydrogen-bond acceptors (Lipinski definition) is 12. The molecule has 4 atom stereocenters. The first kappa shape index (κ1) is 34.2. The zero-order valence-electron chi connectivity index (χ0n) is 25.5. The van der Waals surface area contributed by atoms with Crippen molar-refractivity contribution in [2.75, 3.05) is 39.6 Å². The molecule has 12 nitrogen and oxygen atoms in total. The second-order valence-corrected chi connectivity index (χ2v) is 10.4. The van der Waals surface area contributed by atoms with Gasteiger partial charge in [0.25, 0.3) is 0 Å². The van der Waals surface area contributed by atoms with Gasteiger partial charge in [0.1, 0.15) is 23.7 Å². The van der Waals surface area contributed by atoms with E-state index in [-0.39, 0.29) is 13.2 Å². The summed E-state index contributed by atoms with van der Waals surface area (Å²) >= 11 is 0. The number of esters is 4. The Labute approximate surface area is 267 Å². The predicted molar refractivity (Wildman–Crippen MR) is 163 cm³/mol. The van der Waals surface area contributed by atoms with Crippen molar-refractivity contribution in [3.63, 3.8) is 0 Å². The Hall–Kier alpha value is -4.68. The minimum absolute atomic E-state index is 0.112. The number of carbonyl (C=O) groups is 4. The molecule has 0 bridgehead atoms. The van der Waals surface area contributed by atoms with E-state index in [1.165, 1.54) is 0 Å². The summed E-state index contributed by atoms with van der Waals surface area (Å²) in [5, 5.41) is 0. The average Bonchev–Trinajstić information content (AvgIpc) is 3.67. The molecule has 12 heteroatoms. The Balaban J connectivity index is 1.15. The van der Waals surface area contributed by atoms with E-state index in [2.05, 4.69) is 13.2 Å². The van der Waals surface area contributed by atoms with E-state index in [1.54, 1.807) is 48.5 Å². The average molecular weight is 639 g/mol. The third-order valence-electron chi connectivity index (χ3n) is 7.10. The molecule has 4 rings (SSSR count). The van der Waals surface area contributed by atoms with Crippen LogP contribution in [0.5, 0.6) is 11.5 Å². The monoisotopic (exact) mass is 638 g/mol. The van der Waals surface area contributed by atoms with Gasteiger partial charge in [-0.15, -0.1) is 0 Å². The quantitative estimate of drug-likeness (QED) is 0.101. The summed E-state index contributed by atoms with van der Waals surface area (Å²) in [6, 6.07) is 13.1. The molecule has 0 radical (unpaired) electrons. The van der Waals surface area contributed by atoms with Crippen LogP contribution in [0, 0.1) is 0 Å². The van der Waals surface area contributed by atoms with Crippen LogP contribution in [0.15, 0.2) is 73.8 Å². The van der Waals surface area contributed by atoms with Crippen LogP contribution in [-0.2, 0) is 38.0 Å². The number of benzene rings is 2. The largest absolute Gasteiger partial charge is 0.494 e. The third-order valence-corrected chi connectivity index (χ3v) is 7.10. The van der Waals surface area contributed by atoms with E-state index >= 15 is 0 Å². The molecule has 2 aliphatic rings. The van der Waals surface area contributed by atoms with Crippen molar-refractivity contribution in [3.8, 4) is 11.5 Å². The standard InChI is InChI=1S/C34H38O12/c1-3-29(35)41-19-7-5-17-39-25-13-9-23(10-14-25)33(37)45-27-21-43-32-28(22-44-31(27)32)46-34(38)24-11-15-26(16-12-24)40-18-6-8-20-42-30(36)4-2/h3-4,9-16,27-28,31-32H,1-2,5-8,17-22H2/t27-,28-,31+,32+/m1/s1. The maximum absolute atomic E-state index is 12.8. The zero-order valence-corrected chi connectivity index (χ0v) is 25.5. The van der Waals surface area contributed by atoms with E-state index < -0.39 is 48.3 Å². The van der Waals surface area contributed by atoms with Crippen LogP contribution in [0.1, 0.15) is 46.4 Å². The van der Waals surface area contributed by atoms with Gasteiger partial charge in [-0.3, -0.25) is 0 Å². The summed E-state index contributed by atoms with van der Waals surface area (Å²) in [6.07, 6.45) is 2.50. The molecule has 246 valence electrons. The lowest BCUT2D eigenvalue weighted by molar-refractivity contribution is -0.138. The van der Waals surface area contributed by atoms with Gasteiger partial charge >= 0.3 is 23.9 Å². The normalized spacial score (nSPS) is 19.7. The van der Waals surface area contributed by atoms with Crippen molar-refractivity contribution in [1.82, 2.24) is 0 Å². The number of fused-ring (bicyclic) bond motifs is 1. The molecule has 2 saturated heterocycles. The molecule has 2 fully saturated rings. The highest BCUT2D eigenvalue weighted by Crippen LogP contribution is 2.31. The van der Waals surface area contributed by atoms with Crippen molar-refractivity contribution >= 4 is 23.9 Å². The highest BCUT2D eigenvalue weighted by Gasteiger charge is 2.51. The van der Waals surface area contributed by atoms with Gasteiger partial charge in [-0.25, -0.2) is 19.2 Å². The minimum Gasteiger partial charge on any atom is -0.494 e. The zero-order chi connectivity index (χ0) is 32.7. The second-order valence-electron chi connectivity index (χ2n) is 10.4. The van der Waals surface area contributed by atoms with Crippen LogP contribution in [0.4, 0.5) is 0 Å². The lowest BCUT2D eigenvalue weighted by Gasteiger charge is -2.17. The van der Waals surface area contributed by atoms with E-state index in [0.717, 1.165) is 12.2 Å². The molecule has 0 unspecified atom stereocenters. The number of carbonyl (C=O) groups excluding carboxylic acids is 4. The lowest BCUT2D eigenvalue weighted by atomic mass is 10.1. The highest BCUT2D eigenvalue weighted by atomic mass is 16.7. The Morgan fingerprint density at radius 1 is 0.609 bits per heavy atom. The van der Waals surface area contributed by atoms with E-state index in [9.17, 15) is 19.2 Å². The fourth-order valence-electron chi connectivity index (χ4n) is 4.67. The van der Waals surface area contributed by atoms with Crippen molar-refractivity contribution < 1.29 is 57.1 Å². The number of hydrogen-bond donors (Lipinski definition) is 0. The first-order chi connectivity index (χ1) is 22.4. The third kappa shape index (κ3) is 10.2. The molecule has 0 saturated carbocycles. The van der Waals surface area contributed by atoms with Gasteiger partial charge < -0.3 is 37.9 Å². The molecular weight excluding hydrogens is 600 g/mol. The van der Waals surface area contributed by atoms with Gasteiger partial charge in [-0.05, 0) is 74.2 Å². The topological polar surface area (TPSA) is 142 Å². The first-order valence-corrected chi connectivity index (χ1v) is 15.1. The summed E-state index contributed by atoms with van der Waals surface area (Å²) in [5.74, 6) is -0.787. The molecule has 0 N–H and O–H groups in total. The predicted octanol–water partition coefficient (Wildman–Crippen LogP) is 4.01. The molecule has 0 aliphatic carbocycles. The summed E-state index contributed by atoms with van der Waals surface area (Å²) in [7, 11) is 0. The highest BCUT2D eigenvalue weighted by molar-refractivity contribution is 5.90. The number of rotatable bonds is 18. The molecule has 2 aromatic rings. The lowest BCUT2D eigenvalue weighted by Crippen LogP contribution is -2.36. The van der Waals surface area contributed by atoms with Gasteiger partial charge in [-0.2, -0.15) is 0 Å². The summed E-state index contributed by atoms with van der Waals surface area (Å²) in [5.41, 5.74) is 0.684. The molecule has 2 aromatic carbocycles. The summed E-state index contributed by atoms with van der Waals surface area (Å²) in [6.45, 7) is 8.36. The fraction of sp³-hybridized carbons (Fsp3) is 0.412. The van der Waals surface area contributed by atoms with Crippen LogP contribution in [0.3, 0.4) is 0 Å². The number of ether oxygens (including phenoxy) is 8. The van der Waals surface area contributed by atoms with Crippen molar-refractivity contribution in [1.29, 1.82) is 0 Å². The van der Waals surface area contributed by atoms with Gasteiger partial charge in [0.05, 0.1) is 50.8 Å². The van der Waals surface area contributed by atoms with Gasteiger partial charge in [-0.1, -0.05) is 13.2 Å². The smallest absolute Gasteiger partial charge is 0.338 e. The molecule has 0 aromatic heterocycles. The van der Waals surface area contributed by atoms with Crippen molar-refractivity contribution in [3.05, 3.63) is 85.0 Å². The Morgan fingerprint density at radius 3 is 1.35 bits per heavy atom. The Bertz CT molecular complexity index is 1230. The van der Waals surface area contributed by atoms with Crippen LogP contribution < -0.4 is 9.47 Å². The van der Waals surface area contributed by atoms with Gasteiger partial charge in [0, 0.05) is 12.2 Å². The Kier molecular flexibility index (Phi) is 13.2. The molecule has 46 heavy (non-hydrogen) atoms. The fourth-order valence-corrected chi connectivity index (χ4v) is 4.67. The minimum atomic E-state index is -0.655. The molecular formula is C34H38O12. The summed E-state index contributed by atoms with van der Waals surface area (Å²) < 4.78 is 44.1. The van der Waals surface area contributed by atoms with E-state index in [1.807, 2.05) is 0 Å². The van der Waals surface area contributed by atoms with Crippen LogP contribution in [-0.4, -0.2) is 87.9 Å². The van der Waals surface area contributed by atoms with E-state index in [4.69, 9.17) is 37.9 Å². The molecule has 0 spiro atoms. The number of unbranched alkanes of at least 4 members (excludes halogenated alkanes) is 2. The van der Waals surface area contributed by atoms with E-state index in [0.29, 0.717) is 74.7 Å². The van der Waals surface area contributed by atoms with Crippen molar-refractivity contribution in [2.45, 2.75) is 50.1 Å². The van der Waals surface area contributed by atoms with Crippen molar-refractivity contribution in [2.24, 2.45) is 0 Å². The summed E-state index contributed by atoms with van der Waals surface area (Å²) in [4.78, 5) is 47.6. The van der Waals surface area contributed by atoms with Gasteiger partial charge in [0.2, 0.25) is 0 Å². The molecule has 0 amide bonds. The second kappa shape index (κ2) is 17.7. The van der Waals surface area contributed by atoms with Crippen LogP contribution in [0.25, 0.3) is 0 Å². The molecule has 2 aliphatic heterocycles. The SMILES string of the molecule is C=CC(=O)OCCCCOc1ccc(C(=O)O[C@@H]2CO[C@@H]3[C@H]2OC[C@H]3OC(=O)c2ccc(OCCCCOC(=O)C=C)cc2)cc1.